The number of esters is 5. The van der Waals surface area contributed by atoms with Gasteiger partial charge in [0.25, 0.3) is 0 Å². The molecular formula is C53H62N4O31. The number of benzene rings is 1. The SMILES string of the molecule is COc1ccc(O[C@@H]2O[C@H](COC(C)=O)[C@@H](O[C@@H]3O[C@H](COC(C)=O)[C@@H](O[C@@H]4O[C@H](COC(C)=O)[C@@H](O[C@@H]5O[C@H](COC(C)=O)[C@@H](OC(C)=O)[C@@H]6OC(=O)N(C(C)=O)[C@@H]56)[C@@H]5OC(=O)N(C(C)=O)[C@@H]45)[C@@H]4OC(=O)N(C(C)=O)[C@@H]34)[C@@H]3OC(=O)N(C(C)=O)[C@@H]23)cc1. The first-order valence-corrected chi connectivity index (χ1v) is 27.3. The Labute approximate surface area is 498 Å². The molecule has 0 aliphatic carbocycles. The van der Waals surface area contributed by atoms with Crippen LogP contribution >= 0.6 is 0 Å². The van der Waals surface area contributed by atoms with Crippen LogP contribution in [0, 0.1) is 0 Å². The molecule has 1 aromatic carbocycles. The van der Waals surface area contributed by atoms with E-state index < -0.39 is 227 Å². The van der Waals surface area contributed by atoms with Gasteiger partial charge in [-0.2, -0.15) is 0 Å². The average Bonchev–Trinajstić information content (AvgIpc) is 1.89. The third-order valence-electron chi connectivity index (χ3n) is 15.0. The number of hydrogen-bond donors (Lipinski definition) is 0. The zero-order valence-electron chi connectivity index (χ0n) is 48.6. The monoisotopic (exact) mass is 1250 g/mol. The lowest BCUT2D eigenvalue weighted by atomic mass is 9.93. The normalized spacial score (nSPS) is 34.5. The largest absolute Gasteiger partial charge is 0.497 e. The van der Waals surface area contributed by atoms with E-state index in [2.05, 4.69) is 0 Å². The fourth-order valence-corrected chi connectivity index (χ4v) is 11.6. The van der Waals surface area contributed by atoms with Crippen molar-refractivity contribution in [1.29, 1.82) is 0 Å². The molecule has 1 aromatic rings. The van der Waals surface area contributed by atoms with E-state index in [1.807, 2.05) is 0 Å². The van der Waals surface area contributed by atoms with Crippen LogP contribution < -0.4 is 9.47 Å². The summed E-state index contributed by atoms with van der Waals surface area (Å²) in [6.45, 7) is 6.30. The van der Waals surface area contributed by atoms with Crippen molar-refractivity contribution < 1.29 is 148 Å². The van der Waals surface area contributed by atoms with E-state index in [-0.39, 0.29) is 5.75 Å². The summed E-state index contributed by atoms with van der Waals surface area (Å²) in [4.78, 5) is 174. The Morgan fingerprint density at radius 2 is 0.636 bits per heavy atom. The number of carbonyl (C=O) groups excluding carboxylic acids is 13. The van der Waals surface area contributed by atoms with Crippen LogP contribution in [0.25, 0.3) is 0 Å². The molecule has 0 saturated carbocycles. The van der Waals surface area contributed by atoms with Crippen LogP contribution in [-0.4, -0.2) is 254 Å². The maximum Gasteiger partial charge on any atom is 0.417 e. The van der Waals surface area contributed by atoms with E-state index in [9.17, 15) is 62.3 Å². The summed E-state index contributed by atoms with van der Waals surface area (Å²) in [5.41, 5.74) is 0. The summed E-state index contributed by atoms with van der Waals surface area (Å²) in [5.74, 6) is -7.48. The van der Waals surface area contributed by atoms with Gasteiger partial charge in [0.1, 0.15) is 105 Å². The maximum absolute atomic E-state index is 14.1. The molecule has 9 rings (SSSR count). The predicted octanol–water partition coefficient (Wildman–Crippen LogP) is -0.743. The Bertz CT molecular complexity index is 2960. The Hall–Kier alpha value is -8.35. The van der Waals surface area contributed by atoms with Crippen molar-refractivity contribution in [1.82, 2.24) is 19.6 Å². The standard InChI is InChI=1S/C53H62N4O31/c1-19(58)54-34-43(86-50(54)67)39(31(16-73-24(6)63)78-46(34)77-29-13-11-28(71-10)12-14-29)82-48-36-45(88-52(69)56(36)21(3)60)41(33(80-48)18-75-26(8)65)84-49-37-44(87-53(70)57(37)22(4)61)40(32(81-49)17-74-25(7)64)83-47-35-42(85-51(68)55(35)20(2)59)38(76-27(9)66)30(79-47)15-72-23(5)62/h11-14,30-49H,15-18H2,1-10H3/t30-,31-,32-,33-,34-,35-,36-,37-,38-,39-,40-,41-,42-,43-,44-,45-,46-,47+,48+,49+/m1/s1. The van der Waals surface area contributed by atoms with Gasteiger partial charge in [-0.1, -0.05) is 0 Å². The van der Waals surface area contributed by atoms with Crippen LogP contribution in [0.1, 0.15) is 62.3 Å². The molecule has 8 heterocycles. The molecule has 88 heavy (non-hydrogen) atoms. The van der Waals surface area contributed by atoms with Crippen molar-refractivity contribution in [2.45, 2.75) is 185 Å². The molecule has 0 bridgehead atoms. The van der Waals surface area contributed by atoms with Gasteiger partial charge in [-0.25, -0.2) is 38.8 Å². The van der Waals surface area contributed by atoms with Crippen LogP contribution in [0.15, 0.2) is 24.3 Å². The van der Waals surface area contributed by atoms with Gasteiger partial charge < -0.3 is 85.3 Å². The molecule has 0 N–H and O–H groups in total. The van der Waals surface area contributed by atoms with E-state index >= 15 is 0 Å². The predicted molar refractivity (Wildman–Crippen MR) is 271 cm³/mol. The molecule has 35 nitrogen and oxygen atoms in total. The third kappa shape index (κ3) is 13.0. The first-order chi connectivity index (χ1) is 41.7. The van der Waals surface area contributed by atoms with Crippen molar-refractivity contribution in [3.05, 3.63) is 24.3 Å². The van der Waals surface area contributed by atoms with Gasteiger partial charge in [0.2, 0.25) is 29.9 Å². The molecule has 480 valence electrons. The highest BCUT2D eigenvalue weighted by Gasteiger charge is 2.68. The third-order valence-corrected chi connectivity index (χ3v) is 15.0. The van der Waals surface area contributed by atoms with E-state index in [1.54, 1.807) is 12.1 Å². The minimum absolute atomic E-state index is 0.152. The molecule has 8 fully saturated rings. The van der Waals surface area contributed by atoms with Gasteiger partial charge in [0, 0.05) is 62.3 Å². The van der Waals surface area contributed by atoms with Crippen molar-refractivity contribution in [2.24, 2.45) is 0 Å². The Kier molecular flexibility index (Phi) is 19.1. The molecule has 8 amide bonds. The second kappa shape index (κ2) is 26.2. The lowest BCUT2D eigenvalue weighted by Gasteiger charge is -2.49. The first-order valence-electron chi connectivity index (χ1n) is 27.3. The van der Waals surface area contributed by atoms with Crippen molar-refractivity contribution in [3.8, 4) is 11.5 Å². The van der Waals surface area contributed by atoms with E-state index in [0.717, 1.165) is 62.3 Å². The Morgan fingerprint density at radius 1 is 0.375 bits per heavy atom. The molecule has 0 aromatic heterocycles. The fraction of sp³-hybridized carbons (Fsp3) is 0.642. The average molecular weight is 1250 g/mol. The summed E-state index contributed by atoms with van der Waals surface area (Å²) in [6.07, 6.45) is -32.6. The fourth-order valence-electron chi connectivity index (χ4n) is 11.6. The summed E-state index contributed by atoms with van der Waals surface area (Å²) >= 11 is 0. The number of hydrogen-bond acceptors (Lipinski definition) is 31. The summed E-state index contributed by atoms with van der Waals surface area (Å²) < 4.78 is 107. The molecule has 8 aliphatic rings. The molecule has 8 saturated heterocycles. The maximum atomic E-state index is 14.1. The number of nitrogens with zero attached hydrogens (tertiary/aromatic N) is 4. The number of methoxy groups -OCH3 is 1. The van der Waals surface area contributed by atoms with Gasteiger partial charge in [-0.3, -0.25) is 43.2 Å². The molecule has 0 unspecified atom stereocenters. The van der Waals surface area contributed by atoms with Crippen molar-refractivity contribution >= 4 is 77.8 Å². The van der Waals surface area contributed by atoms with Crippen LogP contribution in [0.5, 0.6) is 11.5 Å². The van der Waals surface area contributed by atoms with E-state index in [4.69, 9.17) is 85.3 Å². The zero-order chi connectivity index (χ0) is 63.9. The van der Waals surface area contributed by atoms with Gasteiger partial charge in [-0.05, 0) is 24.3 Å². The van der Waals surface area contributed by atoms with Crippen LogP contribution in [0.3, 0.4) is 0 Å². The van der Waals surface area contributed by atoms with E-state index in [0.29, 0.717) is 25.3 Å². The summed E-state index contributed by atoms with van der Waals surface area (Å²) in [6, 6.07) is -0.574. The topological polar surface area (TPSA) is 401 Å². The molecule has 20 atom stereocenters. The molecule has 0 radical (unpaired) electrons. The quantitative estimate of drug-likeness (QED) is 0.129. The Morgan fingerprint density at radius 3 is 0.909 bits per heavy atom. The lowest BCUT2D eigenvalue weighted by Crippen LogP contribution is -2.69. The highest BCUT2D eigenvalue weighted by molar-refractivity contribution is 5.95. The number of ether oxygens (including phenoxy) is 18. The van der Waals surface area contributed by atoms with Crippen LogP contribution in [-0.2, 0) is 119 Å². The van der Waals surface area contributed by atoms with Gasteiger partial charge >= 0.3 is 54.2 Å². The van der Waals surface area contributed by atoms with Crippen LogP contribution in [0.2, 0.25) is 0 Å². The van der Waals surface area contributed by atoms with Gasteiger partial charge in [0.15, 0.2) is 49.4 Å². The van der Waals surface area contributed by atoms with Crippen molar-refractivity contribution in [3.63, 3.8) is 0 Å². The summed E-state index contributed by atoms with van der Waals surface area (Å²) in [5, 5.41) is 0. The summed E-state index contributed by atoms with van der Waals surface area (Å²) in [7, 11) is 1.43. The van der Waals surface area contributed by atoms with Crippen molar-refractivity contribution in [2.75, 3.05) is 33.5 Å². The highest BCUT2D eigenvalue weighted by Crippen LogP contribution is 2.45. The van der Waals surface area contributed by atoms with E-state index in [1.165, 1.54) is 19.2 Å². The number of rotatable bonds is 18. The molecule has 8 aliphatic heterocycles. The minimum Gasteiger partial charge on any atom is -0.497 e. The Balaban J connectivity index is 1.09. The molecule has 35 heteroatoms. The number of fused-ring (bicyclic) bond motifs is 4. The van der Waals surface area contributed by atoms with Gasteiger partial charge in [-0.15, -0.1) is 0 Å². The zero-order valence-corrected chi connectivity index (χ0v) is 48.6. The second-order valence-corrected chi connectivity index (χ2v) is 21.0. The van der Waals surface area contributed by atoms with Crippen LogP contribution in [0.4, 0.5) is 19.2 Å². The lowest BCUT2D eigenvalue weighted by molar-refractivity contribution is -0.357. The first kappa shape index (κ1) is 64.1. The minimum atomic E-state index is -2.02. The highest BCUT2D eigenvalue weighted by atomic mass is 16.8. The van der Waals surface area contributed by atoms with Gasteiger partial charge in [0.05, 0.1) is 7.11 Å². The number of imide groups is 4. The second-order valence-electron chi connectivity index (χ2n) is 21.0. The molecule has 0 spiro atoms. The molecular weight excluding hydrogens is 1190 g/mol. The smallest absolute Gasteiger partial charge is 0.417 e. The number of carbonyl (C=O) groups is 13. The number of amides is 8.